The maximum atomic E-state index is 13.4. The number of fused-ring (bicyclic) bond motifs is 1. The first-order valence-electron chi connectivity index (χ1n) is 20.8. The molecule has 0 atom stereocenters. The maximum Gasteiger partial charge on any atom is 0.411 e. The van der Waals surface area contributed by atoms with Gasteiger partial charge >= 0.3 is 6.09 Å². The van der Waals surface area contributed by atoms with Crippen LogP contribution in [0.2, 0.25) is 10.0 Å². The highest BCUT2D eigenvalue weighted by Gasteiger charge is 2.27. The molecule has 0 radical (unpaired) electrons. The molecule has 2 aromatic rings. The van der Waals surface area contributed by atoms with Crippen molar-refractivity contribution in [3.05, 3.63) is 52.0 Å². The molecule has 2 aliphatic heterocycles. The van der Waals surface area contributed by atoms with Gasteiger partial charge in [0.05, 0.1) is 28.0 Å². The number of unbranched alkanes of at least 4 members (excludes halogenated alkanes) is 13. The molecule has 4 rings (SSSR count). The van der Waals surface area contributed by atoms with E-state index in [0.717, 1.165) is 93.9 Å². The van der Waals surface area contributed by atoms with Gasteiger partial charge in [0.25, 0.3) is 0 Å². The van der Waals surface area contributed by atoms with Crippen molar-refractivity contribution < 1.29 is 19.1 Å². The third-order valence-electron chi connectivity index (χ3n) is 10.7. The van der Waals surface area contributed by atoms with E-state index in [4.69, 9.17) is 32.7 Å². The molecule has 0 spiro atoms. The molecular formula is C43H66Cl2N4O4. The van der Waals surface area contributed by atoms with E-state index >= 15 is 0 Å². The number of hydrogen-bond donors (Lipinski definition) is 0. The Hall–Kier alpha value is -2.68. The molecule has 2 heterocycles. The second kappa shape index (κ2) is 24.7. The molecule has 53 heavy (non-hydrogen) atoms. The number of aryl methyl sites for hydroxylation is 1. The molecule has 0 aromatic heterocycles. The Labute approximate surface area is 330 Å². The highest BCUT2D eigenvalue weighted by molar-refractivity contribution is 6.43. The van der Waals surface area contributed by atoms with Crippen molar-refractivity contribution in [2.75, 3.05) is 69.0 Å². The number of anilines is 2. The second-order valence-corrected chi connectivity index (χ2v) is 15.6. The smallest absolute Gasteiger partial charge is 0.411 e. The molecule has 296 valence electrons. The fourth-order valence-electron chi connectivity index (χ4n) is 7.35. The monoisotopic (exact) mass is 772 g/mol. The number of piperazine rings is 1. The lowest BCUT2D eigenvalue weighted by molar-refractivity contribution is -0.119. The van der Waals surface area contributed by atoms with Gasteiger partial charge in [-0.2, -0.15) is 0 Å². The van der Waals surface area contributed by atoms with Crippen LogP contribution in [0.4, 0.5) is 16.2 Å². The SMILES string of the molecule is CCCCCCCCCN(CCCCCCCCC)C(=O)OCN1C(=O)CCc2ccc(OCCCCN3CCN(c4cccc(Cl)c4Cl)CC3)cc21. The van der Waals surface area contributed by atoms with Gasteiger partial charge in [0.2, 0.25) is 5.91 Å². The number of halogens is 2. The van der Waals surface area contributed by atoms with Crippen LogP contribution in [-0.2, 0) is 16.0 Å². The fraction of sp³-hybridized carbons (Fsp3) is 0.674. The van der Waals surface area contributed by atoms with Gasteiger partial charge in [-0.25, -0.2) is 4.79 Å². The van der Waals surface area contributed by atoms with Crippen LogP contribution >= 0.6 is 23.2 Å². The lowest BCUT2D eigenvalue weighted by atomic mass is 10.0. The van der Waals surface area contributed by atoms with Gasteiger partial charge in [-0.3, -0.25) is 14.6 Å². The summed E-state index contributed by atoms with van der Waals surface area (Å²) in [6, 6.07) is 11.8. The molecule has 1 saturated heterocycles. The van der Waals surface area contributed by atoms with Crippen molar-refractivity contribution in [2.24, 2.45) is 0 Å². The predicted molar refractivity (Wildman–Crippen MR) is 221 cm³/mol. The first kappa shape index (κ1) is 43.1. The normalized spacial score (nSPS) is 14.8. The zero-order chi connectivity index (χ0) is 37.7. The van der Waals surface area contributed by atoms with Crippen molar-refractivity contribution in [2.45, 2.75) is 129 Å². The summed E-state index contributed by atoms with van der Waals surface area (Å²) in [6.45, 7) is 11.3. The lowest BCUT2D eigenvalue weighted by Gasteiger charge is -2.36. The number of carbonyl (C=O) groups excluding carboxylic acids is 2. The number of nitrogens with zero attached hydrogens (tertiary/aromatic N) is 4. The molecular weight excluding hydrogens is 707 g/mol. The van der Waals surface area contributed by atoms with Gasteiger partial charge in [0.1, 0.15) is 5.75 Å². The molecule has 2 aliphatic rings. The first-order chi connectivity index (χ1) is 25.9. The number of benzene rings is 2. The van der Waals surface area contributed by atoms with Crippen LogP contribution in [0, 0.1) is 0 Å². The van der Waals surface area contributed by atoms with Crippen LogP contribution in [0.5, 0.6) is 5.75 Å². The average molecular weight is 774 g/mol. The molecule has 2 amide bonds. The molecule has 0 saturated carbocycles. The second-order valence-electron chi connectivity index (χ2n) is 14.8. The highest BCUT2D eigenvalue weighted by Crippen LogP contribution is 2.34. The third kappa shape index (κ3) is 14.8. The number of carbonyl (C=O) groups is 2. The zero-order valence-electron chi connectivity index (χ0n) is 32.7. The van der Waals surface area contributed by atoms with E-state index in [9.17, 15) is 9.59 Å². The van der Waals surface area contributed by atoms with E-state index in [1.54, 1.807) is 4.90 Å². The van der Waals surface area contributed by atoms with Crippen LogP contribution in [0.3, 0.4) is 0 Å². The Kier molecular flexibility index (Phi) is 20.0. The van der Waals surface area contributed by atoms with Crippen LogP contribution in [0.1, 0.15) is 129 Å². The van der Waals surface area contributed by atoms with E-state index in [0.29, 0.717) is 42.6 Å². The van der Waals surface area contributed by atoms with Crippen molar-refractivity contribution in [3.63, 3.8) is 0 Å². The van der Waals surface area contributed by atoms with Gasteiger partial charge in [0, 0.05) is 51.8 Å². The van der Waals surface area contributed by atoms with E-state index in [1.807, 2.05) is 41.3 Å². The van der Waals surface area contributed by atoms with Gasteiger partial charge in [-0.15, -0.1) is 0 Å². The molecule has 0 bridgehead atoms. The largest absolute Gasteiger partial charge is 0.494 e. The summed E-state index contributed by atoms with van der Waals surface area (Å²) in [6.07, 6.45) is 19.6. The average Bonchev–Trinajstić information content (AvgIpc) is 3.17. The standard InChI is InChI=1S/C43H66Cl2N4O4/c1-3-5-7-9-11-13-15-27-48(28-16-14-12-10-8-6-4-2)43(51)53-35-49-40-34-37(24-22-36(40)23-25-41(49)50)52-33-18-17-26-46-29-31-47(32-30-46)39-21-19-20-38(44)42(39)45/h19-22,24,34H,3-18,23,25-33,35H2,1-2H3. The Balaban J connectivity index is 1.21. The molecule has 8 nitrogen and oxygen atoms in total. The minimum atomic E-state index is -0.316. The van der Waals surface area contributed by atoms with Crippen molar-refractivity contribution in [1.82, 2.24) is 9.80 Å². The van der Waals surface area contributed by atoms with Gasteiger partial charge in [0.15, 0.2) is 6.73 Å². The number of ether oxygens (including phenoxy) is 2. The van der Waals surface area contributed by atoms with Crippen molar-refractivity contribution >= 4 is 46.6 Å². The summed E-state index contributed by atoms with van der Waals surface area (Å²) in [7, 11) is 0. The molecule has 2 aromatic carbocycles. The lowest BCUT2D eigenvalue weighted by Crippen LogP contribution is -2.46. The Bertz CT molecular complexity index is 1350. The summed E-state index contributed by atoms with van der Waals surface area (Å²) >= 11 is 12.7. The Morgan fingerprint density at radius 1 is 0.736 bits per heavy atom. The van der Waals surface area contributed by atoms with E-state index in [-0.39, 0.29) is 18.7 Å². The molecule has 0 N–H and O–H groups in total. The van der Waals surface area contributed by atoms with E-state index < -0.39 is 0 Å². The highest BCUT2D eigenvalue weighted by atomic mass is 35.5. The summed E-state index contributed by atoms with van der Waals surface area (Å²) < 4.78 is 12.0. The number of amides is 2. The minimum Gasteiger partial charge on any atom is -0.494 e. The zero-order valence-corrected chi connectivity index (χ0v) is 34.2. The summed E-state index contributed by atoms with van der Waals surface area (Å²) in [5.74, 6) is 0.715. The molecule has 10 heteroatoms. The van der Waals surface area contributed by atoms with Crippen LogP contribution in [0.15, 0.2) is 36.4 Å². The van der Waals surface area contributed by atoms with Gasteiger partial charge in [-0.1, -0.05) is 126 Å². The number of hydrogen-bond acceptors (Lipinski definition) is 6. The Morgan fingerprint density at radius 2 is 1.38 bits per heavy atom. The molecule has 1 fully saturated rings. The van der Waals surface area contributed by atoms with Crippen molar-refractivity contribution in [1.29, 1.82) is 0 Å². The van der Waals surface area contributed by atoms with E-state index in [1.165, 1.54) is 64.2 Å². The predicted octanol–water partition coefficient (Wildman–Crippen LogP) is 11.2. The molecule has 0 unspecified atom stereocenters. The maximum absolute atomic E-state index is 13.4. The Morgan fingerprint density at radius 3 is 2.04 bits per heavy atom. The van der Waals surface area contributed by atoms with Crippen LogP contribution < -0.4 is 14.5 Å². The van der Waals surface area contributed by atoms with Gasteiger partial charge in [-0.05, 0) is 62.4 Å². The molecule has 0 aliphatic carbocycles. The topological polar surface area (TPSA) is 65.6 Å². The van der Waals surface area contributed by atoms with Crippen LogP contribution in [-0.4, -0.2) is 81.0 Å². The quantitative estimate of drug-likeness (QED) is 0.0936. The minimum absolute atomic E-state index is 0.0223. The van der Waals surface area contributed by atoms with Crippen LogP contribution in [0.25, 0.3) is 0 Å². The third-order valence-corrected chi connectivity index (χ3v) is 11.5. The summed E-state index contributed by atoms with van der Waals surface area (Å²) in [5.41, 5.74) is 2.87. The summed E-state index contributed by atoms with van der Waals surface area (Å²) in [5, 5.41) is 1.23. The van der Waals surface area contributed by atoms with E-state index in [2.05, 4.69) is 23.6 Å². The van der Waals surface area contributed by atoms with Gasteiger partial charge < -0.3 is 19.3 Å². The first-order valence-corrected chi connectivity index (χ1v) is 21.6. The number of rotatable bonds is 25. The van der Waals surface area contributed by atoms with Crippen molar-refractivity contribution in [3.8, 4) is 5.75 Å². The summed E-state index contributed by atoms with van der Waals surface area (Å²) in [4.78, 5) is 34.9. The fourth-order valence-corrected chi connectivity index (χ4v) is 7.77.